The van der Waals surface area contributed by atoms with E-state index in [4.69, 9.17) is 10.00 Å². The summed E-state index contributed by atoms with van der Waals surface area (Å²) in [5.41, 5.74) is 0. The Morgan fingerprint density at radius 3 is 2.67 bits per heavy atom. The highest BCUT2D eigenvalue weighted by molar-refractivity contribution is 7.44. The van der Waals surface area contributed by atoms with Gasteiger partial charge in [-0.3, -0.25) is 4.57 Å². The molecule has 5 nitrogen and oxygen atoms in total. The summed E-state index contributed by atoms with van der Waals surface area (Å²) in [5.74, 6) is 0. The molecule has 0 fully saturated rings. The van der Waals surface area contributed by atoms with Crippen molar-refractivity contribution >= 4 is 7.82 Å². The number of aliphatic hydroxyl groups excluding tert-OH is 1. The maximum Gasteiger partial charge on any atom is 0.316 e. The van der Waals surface area contributed by atoms with Gasteiger partial charge in [-0.2, -0.15) is 0 Å². The third kappa shape index (κ3) is 7.65. The molecule has 0 bridgehead atoms. The number of phosphoric acid groups is 1. The van der Waals surface area contributed by atoms with Crippen LogP contribution in [0.2, 0.25) is 0 Å². The Balaban J connectivity index is 3.51. The Morgan fingerprint density at radius 2 is 2.33 bits per heavy atom. The molecular weight excluding hydrogens is 147 g/mol. The molecule has 0 aliphatic rings. The van der Waals surface area contributed by atoms with Crippen molar-refractivity contribution in [2.24, 2.45) is 0 Å². The van der Waals surface area contributed by atoms with Gasteiger partial charge in [-0.15, -0.1) is 0 Å². The molecule has 0 aromatic carbocycles. The lowest BCUT2D eigenvalue weighted by Gasteiger charge is -2.12. The molecule has 0 amide bonds. The van der Waals surface area contributed by atoms with Gasteiger partial charge in [-0.1, -0.05) is 0 Å². The Kier molecular flexibility index (Phi) is 3.49. The zero-order chi connectivity index (χ0) is 7.33. The molecule has 0 heterocycles. The van der Waals surface area contributed by atoms with Crippen LogP contribution >= 0.6 is 7.82 Å². The molecule has 0 aliphatic carbocycles. The van der Waals surface area contributed by atoms with Gasteiger partial charge in [0.05, 0.1) is 12.9 Å². The summed E-state index contributed by atoms with van der Waals surface area (Å²) in [5, 5.41) is 8.02. The Morgan fingerprint density at radius 1 is 1.78 bits per heavy atom. The lowest BCUT2D eigenvalue weighted by molar-refractivity contribution is -0.214. The quantitative estimate of drug-likeness (QED) is 0.399. The molecule has 54 valence electrons. The molecule has 0 spiro atoms. The highest BCUT2D eigenvalue weighted by Crippen LogP contribution is 2.30. The first-order valence-electron chi connectivity index (χ1n) is 2.04. The number of hydrogen-bond donors (Lipinski definition) is 2. The summed E-state index contributed by atoms with van der Waals surface area (Å²) in [4.78, 5) is 17.6. The van der Waals surface area contributed by atoms with Gasteiger partial charge < -0.3 is 19.4 Å². The summed E-state index contributed by atoms with van der Waals surface area (Å²) in [6.45, 7) is -0.333. The van der Waals surface area contributed by atoms with Crippen molar-refractivity contribution in [3.63, 3.8) is 0 Å². The molecule has 0 rings (SSSR count). The average Bonchev–Trinajstić information content (AvgIpc) is 1.63. The minimum Gasteiger partial charge on any atom is -0.746 e. The first-order valence-corrected chi connectivity index (χ1v) is 3.54. The van der Waals surface area contributed by atoms with Crippen molar-refractivity contribution in [1.29, 1.82) is 0 Å². The van der Waals surface area contributed by atoms with Crippen LogP contribution in [-0.4, -0.2) is 16.6 Å². The van der Waals surface area contributed by atoms with Crippen molar-refractivity contribution in [2.45, 2.75) is 0 Å². The van der Waals surface area contributed by atoms with Crippen LogP contribution in [0.3, 0.4) is 0 Å². The Bertz CT molecular complexity index is 135. The fraction of sp³-hybridized carbons (Fsp3) is 0.333. The number of phosphoric ester groups is 1. The number of hydrogen-bond acceptors (Lipinski definition) is 4. The normalized spacial score (nSPS) is 17.7. The van der Waals surface area contributed by atoms with E-state index in [2.05, 4.69) is 4.52 Å². The van der Waals surface area contributed by atoms with Crippen LogP contribution in [0, 0.1) is 0 Å². The van der Waals surface area contributed by atoms with Gasteiger partial charge in [0.1, 0.15) is 0 Å². The molecule has 0 saturated heterocycles. The Labute approximate surface area is 51.8 Å². The molecule has 1 atom stereocenters. The summed E-state index contributed by atoms with van der Waals surface area (Å²) in [6.07, 6.45) is 1.72. The first-order chi connectivity index (χ1) is 4.06. The van der Waals surface area contributed by atoms with E-state index in [9.17, 15) is 9.46 Å². The SMILES string of the molecule is O=P([O-])(O)O/C=C/CO. The lowest BCUT2D eigenvalue weighted by atomic mass is 10.7. The van der Waals surface area contributed by atoms with E-state index < -0.39 is 7.82 Å². The molecule has 0 aromatic rings. The summed E-state index contributed by atoms with van der Waals surface area (Å²) in [6, 6.07) is 0. The van der Waals surface area contributed by atoms with Crippen LogP contribution in [0.1, 0.15) is 0 Å². The number of rotatable bonds is 3. The van der Waals surface area contributed by atoms with Gasteiger partial charge in [0.15, 0.2) is 0 Å². The van der Waals surface area contributed by atoms with Gasteiger partial charge in [-0.05, 0) is 6.08 Å². The van der Waals surface area contributed by atoms with Crippen molar-refractivity contribution in [3.05, 3.63) is 12.3 Å². The zero-order valence-electron chi connectivity index (χ0n) is 4.43. The highest BCUT2D eigenvalue weighted by Gasteiger charge is 1.95. The van der Waals surface area contributed by atoms with Gasteiger partial charge in [-0.25, -0.2) is 0 Å². The number of aliphatic hydroxyl groups is 1. The topological polar surface area (TPSA) is 89.8 Å². The van der Waals surface area contributed by atoms with E-state index >= 15 is 0 Å². The standard InChI is InChI=1S/C3H7O5P/c4-2-1-3-8-9(5,6)7/h1,3-4H,2H2,(H2,5,6,7)/p-1/b3-1+. The lowest BCUT2D eigenvalue weighted by Crippen LogP contribution is -1.99. The van der Waals surface area contributed by atoms with Crippen LogP contribution in [0.4, 0.5) is 0 Å². The molecule has 0 aliphatic heterocycles. The third-order valence-electron chi connectivity index (χ3n) is 0.396. The fourth-order valence-corrected chi connectivity index (χ4v) is 0.403. The van der Waals surface area contributed by atoms with E-state index in [0.29, 0.717) is 6.26 Å². The molecule has 0 saturated carbocycles. The maximum atomic E-state index is 9.73. The smallest absolute Gasteiger partial charge is 0.316 e. The second-order valence-electron chi connectivity index (χ2n) is 1.13. The highest BCUT2D eigenvalue weighted by atomic mass is 31.2. The molecule has 2 N–H and O–H groups in total. The van der Waals surface area contributed by atoms with Crippen molar-refractivity contribution in [3.8, 4) is 0 Å². The fourth-order valence-electron chi connectivity index (χ4n) is 0.163. The monoisotopic (exact) mass is 153 g/mol. The van der Waals surface area contributed by atoms with Gasteiger partial charge in [0, 0.05) is 0 Å². The van der Waals surface area contributed by atoms with E-state index in [0.717, 1.165) is 6.08 Å². The minimum absolute atomic E-state index is 0.333. The molecular formula is C3H6O5P-. The minimum atomic E-state index is -4.64. The van der Waals surface area contributed by atoms with Gasteiger partial charge in [0.2, 0.25) is 0 Å². The van der Waals surface area contributed by atoms with E-state index in [1.54, 1.807) is 0 Å². The van der Waals surface area contributed by atoms with E-state index in [1.807, 2.05) is 0 Å². The second kappa shape index (κ2) is 3.63. The van der Waals surface area contributed by atoms with Crippen LogP contribution in [0.5, 0.6) is 0 Å². The van der Waals surface area contributed by atoms with E-state index in [1.165, 1.54) is 0 Å². The van der Waals surface area contributed by atoms with Crippen LogP contribution in [0.15, 0.2) is 12.3 Å². The van der Waals surface area contributed by atoms with Crippen LogP contribution < -0.4 is 4.89 Å². The van der Waals surface area contributed by atoms with Crippen LogP contribution in [-0.2, 0) is 9.09 Å². The maximum absolute atomic E-state index is 9.73. The zero-order valence-corrected chi connectivity index (χ0v) is 5.32. The van der Waals surface area contributed by atoms with Crippen molar-refractivity contribution < 1.29 is 24.0 Å². The van der Waals surface area contributed by atoms with Crippen molar-refractivity contribution in [2.75, 3.05) is 6.61 Å². The third-order valence-corrected chi connectivity index (χ3v) is 0.784. The van der Waals surface area contributed by atoms with Crippen molar-refractivity contribution in [1.82, 2.24) is 0 Å². The Hall–Kier alpha value is -0.350. The van der Waals surface area contributed by atoms with Crippen LogP contribution in [0.25, 0.3) is 0 Å². The predicted octanol–water partition coefficient (Wildman–Crippen LogP) is -1.03. The predicted molar refractivity (Wildman–Crippen MR) is 27.1 cm³/mol. The summed E-state index contributed by atoms with van der Waals surface area (Å²) < 4.78 is 13.4. The van der Waals surface area contributed by atoms with Gasteiger partial charge >= 0.3 is 7.82 Å². The molecule has 0 radical (unpaired) electrons. The average molecular weight is 153 g/mol. The summed E-state index contributed by atoms with van der Waals surface area (Å²) >= 11 is 0. The molecule has 6 heteroatoms. The summed E-state index contributed by atoms with van der Waals surface area (Å²) in [7, 11) is -4.64. The molecule has 1 unspecified atom stereocenters. The van der Waals surface area contributed by atoms with Gasteiger partial charge in [0.25, 0.3) is 0 Å². The second-order valence-corrected chi connectivity index (χ2v) is 2.28. The van der Waals surface area contributed by atoms with E-state index in [-0.39, 0.29) is 6.61 Å². The molecule has 9 heavy (non-hydrogen) atoms. The largest absolute Gasteiger partial charge is 0.746 e. The molecule has 0 aromatic heterocycles. The first kappa shape index (κ1) is 8.65.